The third-order valence-corrected chi connectivity index (χ3v) is 15.1. The van der Waals surface area contributed by atoms with E-state index in [1.807, 2.05) is 12.1 Å². The average molecular weight is 784 g/mol. The molecule has 2 heterocycles. The molecule has 0 saturated carbocycles. The van der Waals surface area contributed by atoms with E-state index in [0.29, 0.717) is 5.56 Å². The standard InChI is InChI=1S/C56H69BN2/c1-33-24-48-50-49(25-33)59(46-30-40-38(27-35(46)3)53(10,11)22-23-54(40,12)13)47-31-41-39(55(14,15)32-56(41,16)17)29-43(47)57(50)42-28-37(52(7,8)9)19-21-45(42)58(48)44-20-18-36(26-34(44)2)51(4,5)6/h18-21,24-31H,22-23,32H2,1-17H3/i1D3. The van der Waals surface area contributed by atoms with E-state index >= 15 is 0 Å². The van der Waals surface area contributed by atoms with Crippen molar-refractivity contribution in [2.75, 3.05) is 9.80 Å². The predicted octanol–water partition coefficient (Wildman–Crippen LogP) is 13.6. The molecule has 0 bridgehead atoms. The van der Waals surface area contributed by atoms with Gasteiger partial charge in [-0.1, -0.05) is 133 Å². The fourth-order valence-corrected chi connectivity index (χ4v) is 11.8. The number of fused-ring (bicyclic) bond motifs is 6. The van der Waals surface area contributed by atoms with Crippen LogP contribution in [0.25, 0.3) is 0 Å². The van der Waals surface area contributed by atoms with Crippen molar-refractivity contribution in [3.8, 4) is 0 Å². The van der Waals surface area contributed by atoms with Gasteiger partial charge in [0.25, 0.3) is 6.71 Å². The third kappa shape index (κ3) is 6.01. The van der Waals surface area contributed by atoms with Crippen molar-refractivity contribution in [1.82, 2.24) is 0 Å². The maximum absolute atomic E-state index is 9.05. The molecule has 2 nitrogen and oxygen atoms in total. The van der Waals surface area contributed by atoms with Crippen LogP contribution in [0.4, 0.5) is 34.1 Å². The van der Waals surface area contributed by atoms with Gasteiger partial charge in [-0.2, -0.15) is 0 Å². The SMILES string of the molecule is [2H]C([2H])([2H])c1cc2c3c(c1)N(c1cc4c(cc1C)C(C)(C)CCC4(C)C)c1cc4c(cc1B3c1cc(C(C)(C)C)ccc1N2c1ccc(C(C)(C)C)cc1C)C(C)(C)CC4(C)C. The molecular weight excluding hydrogens is 711 g/mol. The van der Waals surface area contributed by atoms with Crippen LogP contribution >= 0.6 is 0 Å². The van der Waals surface area contributed by atoms with Crippen LogP contribution in [0.15, 0.2) is 72.8 Å². The molecule has 9 rings (SSSR count). The summed E-state index contributed by atoms with van der Waals surface area (Å²) in [5.41, 5.74) is 21.1. The highest BCUT2D eigenvalue weighted by atomic mass is 15.2. The minimum absolute atomic E-state index is 0.00574. The molecule has 5 aromatic rings. The molecule has 0 atom stereocenters. The molecule has 0 fully saturated rings. The quantitative estimate of drug-likeness (QED) is 0.161. The number of aryl methyl sites for hydroxylation is 3. The summed E-state index contributed by atoms with van der Waals surface area (Å²) in [6, 6.07) is 28.1. The minimum atomic E-state index is -2.33. The molecule has 59 heavy (non-hydrogen) atoms. The van der Waals surface area contributed by atoms with Gasteiger partial charge in [-0.05, 0) is 175 Å². The molecule has 0 unspecified atom stereocenters. The molecule has 2 aliphatic heterocycles. The first-order chi connectivity index (χ1) is 28.4. The largest absolute Gasteiger partial charge is 0.311 e. The highest BCUT2D eigenvalue weighted by Crippen LogP contribution is 2.54. The number of hydrogen-bond donors (Lipinski definition) is 0. The first-order valence-corrected chi connectivity index (χ1v) is 22.3. The maximum Gasteiger partial charge on any atom is 0.252 e. The summed E-state index contributed by atoms with van der Waals surface area (Å²) < 4.78 is 27.2. The van der Waals surface area contributed by atoms with E-state index in [4.69, 9.17) is 4.11 Å². The van der Waals surface area contributed by atoms with Crippen LogP contribution in [0.2, 0.25) is 0 Å². The monoisotopic (exact) mass is 784 g/mol. The topological polar surface area (TPSA) is 6.48 Å². The summed E-state index contributed by atoms with van der Waals surface area (Å²) in [5, 5.41) is 0. The van der Waals surface area contributed by atoms with Crippen LogP contribution < -0.4 is 26.2 Å². The Labute approximate surface area is 362 Å². The highest BCUT2D eigenvalue weighted by molar-refractivity contribution is 7.00. The Bertz CT molecular complexity index is 2720. The third-order valence-electron chi connectivity index (χ3n) is 15.1. The number of benzene rings is 5. The van der Waals surface area contributed by atoms with Crippen LogP contribution in [0.5, 0.6) is 0 Å². The van der Waals surface area contributed by atoms with E-state index < -0.39 is 6.85 Å². The first-order valence-electron chi connectivity index (χ1n) is 23.8. The van der Waals surface area contributed by atoms with Crippen molar-refractivity contribution >= 4 is 57.2 Å². The van der Waals surface area contributed by atoms with Crippen LogP contribution in [-0.2, 0) is 32.5 Å². The summed E-state index contributed by atoms with van der Waals surface area (Å²) >= 11 is 0. The maximum atomic E-state index is 9.05. The molecule has 306 valence electrons. The summed E-state index contributed by atoms with van der Waals surface area (Å²) in [7, 11) is 0. The van der Waals surface area contributed by atoms with E-state index in [1.54, 1.807) is 0 Å². The average Bonchev–Trinajstić information content (AvgIpc) is 3.33. The van der Waals surface area contributed by atoms with Gasteiger partial charge in [-0.25, -0.2) is 0 Å². The molecule has 0 N–H and O–H groups in total. The Morgan fingerprint density at radius 2 is 0.949 bits per heavy atom. The van der Waals surface area contributed by atoms with Crippen molar-refractivity contribution in [2.45, 2.75) is 169 Å². The van der Waals surface area contributed by atoms with Crippen molar-refractivity contribution in [3.63, 3.8) is 0 Å². The zero-order valence-corrected chi connectivity index (χ0v) is 39.0. The van der Waals surface area contributed by atoms with Gasteiger partial charge in [-0.15, -0.1) is 0 Å². The summed E-state index contributed by atoms with van der Waals surface area (Å²) in [6.07, 6.45) is 3.32. The number of rotatable bonds is 2. The molecule has 0 aromatic heterocycles. The van der Waals surface area contributed by atoms with E-state index in [2.05, 4.69) is 181 Å². The Hall–Kier alpha value is -4.24. The van der Waals surface area contributed by atoms with Gasteiger partial charge in [0, 0.05) is 38.2 Å². The smallest absolute Gasteiger partial charge is 0.252 e. The Balaban J connectivity index is 1.46. The van der Waals surface area contributed by atoms with Crippen molar-refractivity contribution in [3.05, 3.63) is 123 Å². The minimum Gasteiger partial charge on any atom is -0.311 e. The zero-order valence-electron chi connectivity index (χ0n) is 42.0. The molecule has 0 saturated heterocycles. The van der Waals surface area contributed by atoms with Gasteiger partial charge in [0.1, 0.15) is 0 Å². The van der Waals surface area contributed by atoms with Crippen LogP contribution in [0.3, 0.4) is 0 Å². The normalized spacial score (nSPS) is 20.1. The summed E-state index contributed by atoms with van der Waals surface area (Å²) in [6.45, 7) is 35.0. The lowest BCUT2D eigenvalue weighted by molar-refractivity contribution is 0.332. The van der Waals surface area contributed by atoms with Crippen molar-refractivity contribution in [1.29, 1.82) is 0 Å². The van der Waals surface area contributed by atoms with Gasteiger partial charge in [0.2, 0.25) is 0 Å². The van der Waals surface area contributed by atoms with Gasteiger partial charge in [-0.3, -0.25) is 0 Å². The van der Waals surface area contributed by atoms with Crippen molar-refractivity contribution < 1.29 is 4.11 Å². The second kappa shape index (κ2) is 12.4. The Morgan fingerprint density at radius 3 is 1.51 bits per heavy atom. The predicted molar refractivity (Wildman–Crippen MR) is 258 cm³/mol. The highest BCUT2D eigenvalue weighted by Gasteiger charge is 2.49. The van der Waals surface area contributed by atoms with Gasteiger partial charge in [0.05, 0.1) is 0 Å². The zero-order chi connectivity index (χ0) is 45.2. The second-order valence-corrected chi connectivity index (χ2v) is 23.7. The lowest BCUT2D eigenvalue weighted by Crippen LogP contribution is -2.62. The first kappa shape index (κ1) is 36.6. The molecule has 3 heteroatoms. The summed E-state index contributed by atoms with van der Waals surface area (Å²) in [4.78, 5) is 4.91. The van der Waals surface area contributed by atoms with Gasteiger partial charge < -0.3 is 9.80 Å². The fraction of sp³-hybridized carbons (Fsp3) is 0.464. The van der Waals surface area contributed by atoms with E-state index in [-0.39, 0.29) is 39.2 Å². The van der Waals surface area contributed by atoms with Gasteiger partial charge in [0.15, 0.2) is 0 Å². The molecule has 2 aliphatic carbocycles. The molecule has 4 aliphatic rings. The summed E-state index contributed by atoms with van der Waals surface area (Å²) in [5.74, 6) is 0. The van der Waals surface area contributed by atoms with Crippen LogP contribution in [0.1, 0.15) is 170 Å². The lowest BCUT2D eigenvalue weighted by atomic mass is 9.33. The molecule has 5 aromatic carbocycles. The molecule has 0 amide bonds. The van der Waals surface area contributed by atoms with Gasteiger partial charge >= 0.3 is 0 Å². The second-order valence-electron chi connectivity index (χ2n) is 23.7. The molecule has 0 radical (unpaired) electrons. The molecular formula is C56H69BN2. The fourth-order valence-electron chi connectivity index (χ4n) is 11.8. The van der Waals surface area contributed by atoms with E-state index in [1.165, 1.54) is 66.6 Å². The van der Waals surface area contributed by atoms with Crippen LogP contribution in [0, 0.1) is 20.7 Å². The number of anilines is 6. The van der Waals surface area contributed by atoms with E-state index in [0.717, 1.165) is 47.7 Å². The van der Waals surface area contributed by atoms with Crippen LogP contribution in [-0.4, -0.2) is 6.71 Å². The number of nitrogens with zero attached hydrogens (tertiary/aromatic N) is 2. The van der Waals surface area contributed by atoms with Crippen molar-refractivity contribution in [2.24, 2.45) is 0 Å². The number of hydrogen-bond acceptors (Lipinski definition) is 2. The Morgan fingerprint density at radius 1 is 0.492 bits per heavy atom. The molecule has 0 spiro atoms. The lowest BCUT2D eigenvalue weighted by Gasteiger charge is -2.47. The Kier molecular flexibility index (Phi) is 7.71. The van der Waals surface area contributed by atoms with E-state index in [9.17, 15) is 0 Å².